The van der Waals surface area contributed by atoms with Gasteiger partial charge in [-0.15, -0.1) is 10.2 Å². The second-order valence-corrected chi connectivity index (χ2v) is 7.21. The predicted octanol–water partition coefficient (Wildman–Crippen LogP) is 4.21. The van der Waals surface area contributed by atoms with Crippen LogP contribution in [0, 0.1) is 11.6 Å². The van der Waals surface area contributed by atoms with Crippen molar-refractivity contribution in [2.24, 2.45) is 0 Å². The summed E-state index contributed by atoms with van der Waals surface area (Å²) in [6.07, 6.45) is 1.54. The van der Waals surface area contributed by atoms with Crippen LogP contribution in [0.1, 0.15) is 5.76 Å². The Labute approximate surface area is 174 Å². The molecule has 4 rings (SSSR count). The molecule has 0 aliphatic heterocycles. The number of aromatic nitrogens is 3. The van der Waals surface area contributed by atoms with E-state index < -0.39 is 0 Å². The molecule has 6 nitrogen and oxygen atoms in total. The maximum atomic E-state index is 13.4. The highest BCUT2D eigenvalue weighted by Gasteiger charge is 2.17. The molecule has 0 aliphatic rings. The van der Waals surface area contributed by atoms with Crippen molar-refractivity contribution in [3.63, 3.8) is 0 Å². The van der Waals surface area contributed by atoms with Crippen LogP contribution in [0.25, 0.3) is 17.1 Å². The molecule has 0 aliphatic carbocycles. The van der Waals surface area contributed by atoms with E-state index >= 15 is 0 Å². The van der Waals surface area contributed by atoms with Gasteiger partial charge >= 0.3 is 0 Å². The molecule has 0 saturated heterocycles. The topological polar surface area (TPSA) is 73.0 Å². The number of hydrogen-bond donors (Lipinski definition) is 1. The number of hydrogen-bond acceptors (Lipinski definition) is 5. The number of amides is 1. The first-order valence-corrected chi connectivity index (χ1v) is 9.98. The lowest BCUT2D eigenvalue weighted by Crippen LogP contribution is -2.24. The van der Waals surface area contributed by atoms with Crippen molar-refractivity contribution in [3.05, 3.63) is 84.3 Å². The van der Waals surface area contributed by atoms with E-state index in [1.54, 1.807) is 47.2 Å². The van der Waals surface area contributed by atoms with Gasteiger partial charge in [0, 0.05) is 11.3 Å². The lowest BCUT2D eigenvalue weighted by atomic mass is 10.2. The van der Waals surface area contributed by atoms with Crippen molar-refractivity contribution in [2.75, 3.05) is 5.75 Å². The molecule has 2 aromatic carbocycles. The molecule has 2 heterocycles. The minimum absolute atomic E-state index is 0.101. The van der Waals surface area contributed by atoms with Crippen molar-refractivity contribution in [3.8, 4) is 17.1 Å². The third-order valence-corrected chi connectivity index (χ3v) is 5.12. The zero-order valence-electron chi connectivity index (χ0n) is 15.6. The fraction of sp³-hybridized carbons (Fsp3) is 0.0952. The molecule has 2 aromatic heterocycles. The molecule has 4 aromatic rings. The van der Waals surface area contributed by atoms with E-state index in [1.165, 1.54) is 36.0 Å². The van der Waals surface area contributed by atoms with E-state index in [0.717, 1.165) is 0 Å². The predicted molar refractivity (Wildman–Crippen MR) is 108 cm³/mol. The fourth-order valence-electron chi connectivity index (χ4n) is 2.75. The van der Waals surface area contributed by atoms with E-state index in [4.69, 9.17) is 4.42 Å². The Kier molecular flexibility index (Phi) is 5.89. The maximum absolute atomic E-state index is 13.4. The Morgan fingerprint density at radius 2 is 1.70 bits per heavy atom. The van der Waals surface area contributed by atoms with E-state index in [-0.39, 0.29) is 29.8 Å². The van der Waals surface area contributed by atoms with Crippen LogP contribution in [0.15, 0.2) is 76.5 Å². The number of carbonyl (C=O) groups excluding carboxylic acids is 1. The van der Waals surface area contributed by atoms with E-state index in [9.17, 15) is 13.6 Å². The molecule has 0 spiro atoms. The lowest BCUT2D eigenvalue weighted by Gasteiger charge is -2.10. The molecular formula is C21H16F2N4O2S. The molecule has 0 atom stereocenters. The van der Waals surface area contributed by atoms with Gasteiger partial charge in [0.15, 0.2) is 11.0 Å². The highest BCUT2D eigenvalue weighted by atomic mass is 32.2. The quantitative estimate of drug-likeness (QED) is 0.448. The Morgan fingerprint density at radius 3 is 2.37 bits per heavy atom. The van der Waals surface area contributed by atoms with Crippen molar-refractivity contribution in [1.82, 2.24) is 20.1 Å². The average molecular weight is 426 g/mol. The molecule has 1 amide bonds. The number of halogens is 2. The van der Waals surface area contributed by atoms with Crippen LogP contribution < -0.4 is 5.32 Å². The Morgan fingerprint density at radius 1 is 1.00 bits per heavy atom. The average Bonchev–Trinajstić information content (AvgIpc) is 3.42. The highest BCUT2D eigenvalue weighted by molar-refractivity contribution is 7.99. The van der Waals surface area contributed by atoms with Crippen LogP contribution in [0.5, 0.6) is 0 Å². The Bertz CT molecular complexity index is 1130. The molecule has 1 N–H and O–H groups in total. The second kappa shape index (κ2) is 8.91. The van der Waals surface area contributed by atoms with Crippen LogP contribution in [-0.2, 0) is 11.3 Å². The van der Waals surface area contributed by atoms with Gasteiger partial charge in [0.1, 0.15) is 17.4 Å². The van der Waals surface area contributed by atoms with Gasteiger partial charge in [-0.25, -0.2) is 8.78 Å². The van der Waals surface area contributed by atoms with E-state index in [0.29, 0.717) is 28.0 Å². The van der Waals surface area contributed by atoms with Crippen molar-refractivity contribution >= 4 is 17.7 Å². The van der Waals surface area contributed by atoms with Gasteiger partial charge in [0.25, 0.3) is 0 Å². The first-order valence-electron chi connectivity index (χ1n) is 8.99. The minimum atomic E-state index is -0.373. The summed E-state index contributed by atoms with van der Waals surface area (Å²) in [6.45, 7) is 0.290. The van der Waals surface area contributed by atoms with Gasteiger partial charge < -0.3 is 9.73 Å². The number of rotatable bonds is 7. The number of furan rings is 1. The summed E-state index contributed by atoms with van der Waals surface area (Å²) in [6, 6.07) is 15.2. The molecule has 0 unspecified atom stereocenters. The molecule has 9 heteroatoms. The summed E-state index contributed by atoms with van der Waals surface area (Å²) in [5.74, 6) is 0.273. The number of carbonyl (C=O) groups is 1. The van der Waals surface area contributed by atoms with Crippen molar-refractivity contribution in [1.29, 1.82) is 0 Å². The number of nitrogens with zero attached hydrogens (tertiary/aromatic N) is 3. The molecule has 0 fully saturated rings. The Hall–Kier alpha value is -3.46. The van der Waals surface area contributed by atoms with Crippen LogP contribution >= 0.6 is 11.8 Å². The minimum Gasteiger partial charge on any atom is -0.467 e. The third kappa shape index (κ3) is 4.57. The SMILES string of the molecule is O=C(CSc1nnc(-c2ccc(F)cc2)n1-c1ccc(F)cc1)NCc1ccco1. The Balaban J connectivity index is 1.57. The van der Waals surface area contributed by atoms with Crippen LogP contribution in [0.3, 0.4) is 0 Å². The molecular weight excluding hydrogens is 410 g/mol. The smallest absolute Gasteiger partial charge is 0.230 e. The van der Waals surface area contributed by atoms with Gasteiger partial charge in [0.2, 0.25) is 5.91 Å². The standard InChI is InChI=1S/C21H16F2N4O2S/c22-15-5-3-14(4-6-15)20-25-26-21(27(20)17-9-7-16(23)8-10-17)30-13-19(28)24-12-18-2-1-11-29-18/h1-11H,12-13H2,(H,24,28). The zero-order valence-corrected chi connectivity index (χ0v) is 16.4. The van der Waals surface area contributed by atoms with Gasteiger partial charge in [0.05, 0.1) is 18.6 Å². The van der Waals surface area contributed by atoms with Gasteiger partial charge in [-0.3, -0.25) is 9.36 Å². The molecule has 0 radical (unpaired) electrons. The fourth-order valence-corrected chi connectivity index (χ4v) is 3.53. The van der Waals surface area contributed by atoms with Gasteiger partial charge in [-0.05, 0) is 60.7 Å². The number of thioether (sulfide) groups is 1. The number of benzene rings is 2. The van der Waals surface area contributed by atoms with Gasteiger partial charge in [-0.2, -0.15) is 0 Å². The van der Waals surface area contributed by atoms with E-state index in [1.807, 2.05) is 0 Å². The maximum Gasteiger partial charge on any atom is 0.230 e. The van der Waals surface area contributed by atoms with E-state index in [2.05, 4.69) is 15.5 Å². The van der Waals surface area contributed by atoms with Crippen molar-refractivity contribution < 1.29 is 18.0 Å². The summed E-state index contributed by atoms with van der Waals surface area (Å²) in [5.41, 5.74) is 1.27. The molecule has 0 bridgehead atoms. The summed E-state index contributed by atoms with van der Waals surface area (Å²) >= 11 is 1.19. The van der Waals surface area contributed by atoms with Crippen LogP contribution in [0.2, 0.25) is 0 Å². The van der Waals surface area contributed by atoms with Crippen LogP contribution in [0.4, 0.5) is 8.78 Å². The zero-order chi connectivity index (χ0) is 20.9. The molecule has 152 valence electrons. The highest BCUT2D eigenvalue weighted by Crippen LogP contribution is 2.28. The first-order chi connectivity index (χ1) is 14.6. The molecule has 0 saturated carbocycles. The number of nitrogens with one attached hydrogen (secondary N) is 1. The molecule has 30 heavy (non-hydrogen) atoms. The first kappa shape index (κ1) is 19.8. The lowest BCUT2D eigenvalue weighted by molar-refractivity contribution is -0.118. The summed E-state index contributed by atoms with van der Waals surface area (Å²) in [4.78, 5) is 12.2. The summed E-state index contributed by atoms with van der Waals surface area (Å²) in [7, 11) is 0. The van der Waals surface area contributed by atoms with Gasteiger partial charge in [-0.1, -0.05) is 11.8 Å². The van der Waals surface area contributed by atoms with Crippen LogP contribution in [-0.4, -0.2) is 26.4 Å². The third-order valence-electron chi connectivity index (χ3n) is 4.19. The monoisotopic (exact) mass is 426 g/mol. The normalized spacial score (nSPS) is 10.9. The summed E-state index contributed by atoms with van der Waals surface area (Å²) in [5, 5.41) is 11.6. The van der Waals surface area contributed by atoms with Crippen molar-refractivity contribution in [2.45, 2.75) is 11.7 Å². The second-order valence-electron chi connectivity index (χ2n) is 6.27. The summed E-state index contributed by atoms with van der Waals surface area (Å²) < 4.78 is 33.6. The largest absolute Gasteiger partial charge is 0.467 e.